The van der Waals surface area contributed by atoms with Crippen LogP contribution in [0.15, 0.2) is 29.2 Å². The molecule has 1 fully saturated rings. The third-order valence-corrected chi connectivity index (χ3v) is 5.37. The maximum Gasteiger partial charge on any atom is 0.376 e. The lowest BCUT2D eigenvalue weighted by atomic mass is 10.2. The van der Waals surface area contributed by atoms with Crippen LogP contribution in [0.1, 0.15) is 26.2 Å². The van der Waals surface area contributed by atoms with Gasteiger partial charge in [0.05, 0.1) is 4.92 Å². The Kier molecular flexibility index (Phi) is 4.51. The van der Waals surface area contributed by atoms with Gasteiger partial charge in [-0.15, -0.1) is 0 Å². The average Bonchev–Trinajstić information content (AvgIpc) is 2.94. The van der Waals surface area contributed by atoms with Crippen molar-refractivity contribution in [3.05, 3.63) is 44.9 Å². The summed E-state index contributed by atoms with van der Waals surface area (Å²) in [5.74, 6) is 1.08. The van der Waals surface area contributed by atoms with Crippen LogP contribution in [-0.2, 0) is 0 Å². The second-order valence-electron chi connectivity index (χ2n) is 5.48. The maximum absolute atomic E-state index is 12.4. The van der Waals surface area contributed by atoms with Crippen LogP contribution in [0.2, 0.25) is 0 Å². The zero-order valence-electron chi connectivity index (χ0n) is 12.8. The Hall–Kier alpha value is -2.09. The molecule has 2 aromatic heterocycles. The highest BCUT2D eigenvalue weighted by Gasteiger charge is 2.31. The molecule has 7 nitrogen and oxygen atoms in total. The van der Waals surface area contributed by atoms with Crippen molar-refractivity contribution in [3.63, 3.8) is 0 Å². The minimum absolute atomic E-state index is 0.0832. The molecule has 8 heteroatoms. The summed E-state index contributed by atoms with van der Waals surface area (Å²) in [4.78, 5) is 27.5. The number of nitrogens with zero attached hydrogens (tertiary/aromatic N) is 3. The number of nitro groups is 1. The van der Waals surface area contributed by atoms with Gasteiger partial charge in [-0.1, -0.05) is 19.4 Å². The number of hydrogen-bond donors (Lipinski definition) is 1. The fraction of sp³-hybridized carbons (Fsp3) is 0.467. The lowest BCUT2D eigenvalue weighted by molar-refractivity contribution is -0.385. The van der Waals surface area contributed by atoms with E-state index >= 15 is 0 Å². The van der Waals surface area contributed by atoms with E-state index in [0.29, 0.717) is 10.9 Å². The van der Waals surface area contributed by atoms with Crippen molar-refractivity contribution >= 4 is 28.9 Å². The summed E-state index contributed by atoms with van der Waals surface area (Å²) in [7, 11) is 0. The van der Waals surface area contributed by atoms with Crippen LogP contribution in [0.5, 0.6) is 0 Å². The predicted octanol–water partition coefficient (Wildman–Crippen LogP) is 2.69. The maximum atomic E-state index is 12.4. The summed E-state index contributed by atoms with van der Waals surface area (Å²) < 4.78 is 1.20. The Bertz CT molecular complexity index is 792. The van der Waals surface area contributed by atoms with E-state index in [-0.39, 0.29) is 11.9 Å². The molecule has 1 aliphatic rings. The zero-order chi connectivity index (χ0) is 16.4. The molecule has 0 aliphatic heterocycles. The first kappa shape index (κ1) is 15.8. The van der Waals surface area contributed by atoms with Crippen molar-refractivity contribution in [1.29, 1.82) is 0 Å². The number of anilines is 1. The monoisotopic (exact) mass is 334 g/mol. The Morgan fingerprint density at radius 1 is 1.48 bits per heavy atom. The van der Waals surface area contributed by atoms with Gasteiger partial charge in [0.2, 0.25) is 5.82 Å². The van der Waals surface area contributed by atoms with Crippen LogP contribution in [0.25, 0.3) is 5.65 Å². The molecule has 1 saturated carbocycles. The highest BCUT2D eigenvalue weighted by atomic mass is 32.2. The van der Waals surface area contributed by atoms with Crippen molar-refractivity contribution in [1.82, 2.24) is 9.38 Å². The molecule has 0 saturated heterocycles. The Morgan fingerprint density at radius 2 is 2.30 bits per heavy atom. The number of thioether (sulfide) groups is 1. The fourth-order valence-electron chi connectivity index (χ4n) is 3.03. The van der Waals surface area contributed by atoms with Crippen molar-refractivity contribution in [2.45, 2.75) is 37.5 Å². The van der Waals surface area contributed by atoms with Gasteiger partial charge >= 0.3 is 11.2 Å². The largest absolute Gasteiger partial charge is 0.376 e. The molecule has 122 valence electrons. The van der Waals surface area contributed by atoms with Crippen molar-refractivity contribution in [3.8, 4) is 0 Å². The van der Waals surface area contributed by atoms with Gasteiger partial charge in [0.15, 0.2) is 0 Å². The lowest BCUT2D eigenvalue weighted by Crippen LogP contribution is -2.29. The third-order valence-electron chi connectivity index (χ3n) is 4.05. The fourth-order valence-corrected chi connectivity index (χ4v) is 4.22. The van der Waals surface area contributed by atoms with E-state index in [4.69, 9.17) is 0 Å². The second kappa shape index (κ2) is 6.57. The molecule has 2 atom stereocenters. The van der Waals surface area contributed by atoms with Crippen LogP contribution in [-0.4, -0.2) is 31.4 Å². The topological polar surface area (TPSA) is 89.5 Å². The normalized spacial score (nSPS) is 20.7. The summed E-state index contributed by atoms with van der Waals surface area (Å²) in [6.45, 7) is 2.10. The van der Waals surface area contributed by atoms with Gasteiger partial charge in [-0.3, -0.25) is 19.3 Å². The second-order valence-corrected chi connectivity index (χ2v) is 6.99. The van der Waals surface area contributed by atoms with Crippen LogP contribution in [0.3, 0.4) is 0 Å². The van der Waals surface area contributed by atoms with Gasteiger partial charge in [-0.2, -0.15) is 11.8 Å². The zero-order valence-corrected chi connectivity index (χ0v) is 13.6. The summed E-state index contributed by atoms with van der Waals surface area (Å²) in [6, 6.07) is 5.18. The Labute approximate surface area is 137 Å². The molecule has 23 heavy (non-hydrogen) atoms. The van der Waals surface area contributed by atoms with Crippen LogP contribution < -0.4 is 10.9 Å². The molecule has 1 aliphatic carbocycles. The number of pyridine rings is 1. The minimum atomic E-state index is -0.652. The molecule has 0 spiro atoms. The third kappa shape index (κ3) is 3.03. The van der Waals surface area contributed by atoms with Gasteiger partial charge in [0, 0.05) is 17.5 Å². The summed E-state index contributed by atoms with van der Waals surface area (Å²) in [6.07, 6.45) is 4.59. The first-order valence-corrected chi connectivity index (χ1v) is 8.70. The molecule has 3 rings (SSSR count). The van der Waals surface area contributed by atoms with Crippen molar-refractivity contribution < 1.29 is 4.92 Å². The SMILES string of the molecule is CCSC1CCCC1Nc1nc2ccccn2c(=O)c1[N+](=O)[O-]. The molecule has 2 unspecified atom stereocenters. The van der Waals surface area contributed by atoms with Gasteiger partial charge < -0.3 is 5.32 Å². The number of rotatable bonds is 5. The first-order valence-electron chi connectivity index (χ1n) is 7.65. The minimum Gasteiger partial charge on any atom is -0.360 e. The smallest absolute Gasteiger partial charge is 0.360 e. The molecule has 2 heterocycles. The number of aromatic nitrogens is 2. The highest BCUT2D eigenvalue weighted by Crippen LogP contribution is 2.33. The van der Waals surface area contributed by atoms with E-state index in [2.05, 4.69) is 17.2 Å². The molecule has 1 N–H and O–H groups in total. The summed E-state index contributed by atoms with van der Waals surface area (Å²) >= 11 is 1.84. The van der Waals surface area contributed by atoms with E-state index in [1.165, 1.54) is 10.6 Å². The van der Waals surface area contributed by atoms with E-state index < -0.39 is 16.2 Å². The molecule has 0 bridgehead atoms. The van der Waals surface area contributed by atoms with Gasteiger partial charge in [-0.25, -0.2) is 4.98 Å². The highest BCUT2D eigenvalue weighted by molar-refractivity contribution is 7.99. The number of nitrogens with one attached hydrogen (secondary N) is 1. The number of hydrogen-bond acceptors (Lipinski definition) is 6. The standard InChI is InChI=1S/C15H18N4O3S/c1-2-23-11-7-5-6-10(11)16-14-13(19(21)22)15(20)18-9-4-3-8-12(18)17-14/h3-4,8-11,16H,2,5-7H2,1H3. The van der Waals surface area contributed by atoms with Gasteiger partial charge in [0.25, 0.3) is 0 Å². The quantitative estimate of drug-likeness (QED) is 0.668. The first-order chi connectivity index (χ1) is 11.1. The van der Waals surface area contributed by atoms with Crippen LogP contribution >= 0.6 is 11.8 Å². The van der Waals surface area contributed by atoms with E-state index in [9.17, 15) is 14.9 Å². The lowest BCUT2D eigenvalue weighted by Gasteiger charge is -2.20. The number of fused-ring (bicyclic) bond motifs is 1. The summed E-state index contributed by atoms with van der Waals surface area (Å²) in [5, 5.41) is 14.9. The molecular weight excluding hydrogens is 316 g/mol. The van der Waals surface area contributed by atoms with Gasteiger partial charge in [0.1, 0.15) is 5.65 Å². The summed E-state index contributed by atoms with van der Waals surface area (Å²) in [5.41, 5.74) is -0.732. The average molecular weight is 334 g/mol. The van der Waals surface area contributed by atoms with E-state index in [1.807, 2.05) is 11.8 Å². The van der Waals surface area contributed by atoms with Crippen molar-refractivity contribution in [2.75, 3.05) is 11.1 Å². The van der Waals surface area contributed by atoms with Crippen LogP contribution in [0, 0.1) is 10.1 Å². The molecule has 0 radical (unpaired) electrons. The molecule has 0 aromatic carbocycles. The predicted molar refractivity (Wildman–Crippen MR) is 91.3 cm³/mol. The Balaban J connectivity index is 2.04. The van der Waals surface area contributed by atoms with Crippen LogP contribution in [0.4, 0.5) is 11.5 Å². The van der Waals surface area contributed by atoms with E-state index in [1.54, 1.807) is 18.2 Å². The Morgan fingerprint density at radius 3 is 3.04 bits per heavy atom. The molecule has 2 aromatic rings. The van der Waals surface area contributed by atoms with Gasteiger partial charge in [-0.05, 0) is 30.7 Å². The molecule has 0 amide bonds. The van der Waals surface area contributed by atoms with E-state index in [0.717, 1.165) is 25.0 Å². The van der Waals surface area contributed by atoms with Crippen molar-refractivity contribution in [2.24, 2.45) is 0 Å². The molecular formula is C15H18N4O3S.